The van der Waals surface area contributed by atoms with Crippen molar-refractivity contribution in [3.63, 3.8) is 0 Å². The van der Waals surface area contributed by atoms with Crippen LogP contribution in [0.15, 0.2) is 60.7 Å². The highest BCUT2D eigenvalue weighted by atomic mass is 32.1. The molecule has 0 radical (unpaired) electrons. The molecule has 0 saturated heterocycles. The number of aliphatic hydroxyl groups is 1. The molecule has 6 nitrogen and oxygen atoms in total. The summed E-state index contributed by atoms with van der Waals surface area (Å²) >= 11 is 1.64. The smallest absolute Gasteiger partial charge is 0.246 e. The van der Waals surface area contributed by atoms with Crippen LogP contribution in [0.2, 0.25) is 0 Å². The summed E-state index contributed by atoms with van der Waals surface area (Å²) in [6.07, 6.45) is 6.77. The molecule has 1 aliphatic rings. The molecule has 0 unspecified atom stereocenters. The van der Waals surface area contributed by atoms with E-state index in [0.29, 0.717) is 24.5 Å². The largest absolute Gasteiger partial charge is 0.388 e. The number of thiazole rings is 1. The topological polar surface area (TPSA) is 83.4 Å². The summed E-state index contributed by atoms with van der Waals surface area (Å²) < 4.78 is 0. The average molecular weight is 432 g/mol. The molecular weight excluding hydrogens is 410 g/mol. The zero-order valence-corrected chi connectivity index (χ0v) is 17.6. The summed E-state index contributed by atoms with van der Waals surface area (Å²) in [5.74, 6) is -0.459. The van der Waals surface area contributed by atoms with Gasteiger partial charge in [-0.2, -0.15) is 0 Å². The first kappa shape index (κ1) is 20.8. The van der Waals surface area contributed by atoms with Crippen molar-refractivity contribution >= 4 is 35.2 Å². The van der Waals surface area contributed by atoms with E-state index in [1.165, 1.54) is 18.2 Å². The molecule has 1 aromatic carbocycles. The van der Waals surface area contributed by atoms with Crippen molar-refractivity contribution in [1.29, 1.82) is 0 Å². The summed E-state index contributed by atoms with van der Waals surface area (Å²) in [4.78, 5) is 36.0. The Kier molecular flexibility index (Phi) is 6.45. The Hall–Kier alpha value is -3.42. The quantitative estimate of drug-likeness (QED) is 0.605. The molecule has 2 aromatic heterocycles. The van der Waals surface area contributed by atoms with Gasteiger partial charge in [0, 0.05) is 29.5 Å². The maximum Gasteiger partial charge on any atom is 0.246 e. The predicted octanol–water partition coefficient (Wildman–Crippen LogP) is 3.38. The molecule has 7 heteroatoms. The van der Waals surface area contributed by atoms with Crippen LogP contribution in [0, 0.1) is 0 Å². The van der Waals surface area contributed by atoms with Crippen LogP contribution in [0.5, 0.6) is 0 Å². The minimum Gasteiger partial charge on any atom is -0.388 e. The molecule has 0 bridgehead atoms. The molecule has 3 heterocycles. The van der Waals surface area contributed by atoms with Crippen LogP contribution in [-0.4, -0.2) is 44.8 Å². The second kappa shape index (κ2) is 9.59. The van der Waals surface area contributed by atoms with Gasteiger partial charge in [0.2, 0.25) is 5.91 Å². The van der Waals surface area contributed by atoms with E-state index in [9.17, 15) is 9.59 Å². The van der Waals surface area contributed by atoms with Crippen LogP contribution in [0.3, 0.4) is 0 Å². The molecule has 0 saturated carbocycles. The lowest BCUT2D eigenvalue weighted by atomic mass is 10.1. The number of benzene rings is 1. The van der Waals surface area contributed by atoms with E-state index in [-0.39, 0.29) is 11.7 Å². The number of hydrogen-bond acceptors (Lipinski definition) is 6. The first-order valence-corrected chi connectivity index (χ1v) is 10.7. The Morgan fingerprint density at radius 2 is 1.74 bits per heavy atom. The van der Waals surface area contributed by atoms with Crippen molar-refractivity contribution in [1.82, 2.24) is 14.9 Å². The normalized spacial score (nSPS) is 13.6. The van der Waals surface area contributed by atoms with Gasteiger partial charge in [0.1, 0.15) is 11.6 Å². The van der Waals surface area contributed by atoms with Gasteiger partial charge in [-0.1, -0.05) is 36.4 Å². The van der Waals surface area contributed by atoms with E-state index in [0.717, 1.165) is 27.6 Å². The summed E-state index contributed by atoms with van der Waals surface area (Å²) in [7, 11) is 0. The molecule has 1 amide bonds. The molecule has 31 heavy (non-hydrogen) atoms. The van der Waals surface area contributed by atoms with Gasteiger partial charge in [0.25, 0.3) is 0 Å². The Morgan fingerprint density at radius 3 is 2.48 bits per heavy atom. The van der Waals surface area contributed by atoms with Crippen molar-refractivity contribution in [3.05, 3.63) is 82.6 Å². The first-order chi connectivity index (χ1) is 15.1. The zero-order valence-electron chi connectivity index (χ0n) is 16.8. The van der Waals surface area contributed by atoms with Crippen LogP contribution in [-0.2, 0) is 22.6 Å². The monoisotopic (exact) mass is 431 g/mol. The van der Waals surface area contributed by atoms with E-state index in [1.54, 1.807) is 35.6 Å². The second-order valence-corrected chi connectivity index (χ2v) is 8.13. The van der Waals surface area contributed by atoms with Crippen LogP contribution in [0.4, 0.5) is 0 Å². The fourth-order valence-corrected chi connectivity index (χ4v) is 4.36. The molecular formula is C24H21N3O3S. The number of hydrogen-bond donors (Lipinski definition) is 1. The second-order valence-electron chi connectivity index (χ2n) is 7.04. The van der Waals surface area contributed by atoms with Crippen molar-refractivity contribution < 1.29 is 14.7 Å². The number of aromatic nitrogens is 2. The maximum absolute atomic E-state index is 12.7. The molecule has 1 aliphatic heterocycles. The van der Waals surface area contributed by atoms with Gasteiger partial charge >= 0.3 is 0 Å². The zero-order chi connectivity index (χ0) is 21.6. The summed E-state index contributed by atoms with van der Waals surface area (Å²) in [5.41, 5.74) is 3.38. The van der Waals surface area contributed by atoms with Crippen LogP contribution < -0.4 is 0 Å². The molecule has 4 rings (SSSR count). The Morgan fingerprint density at radius 1 is 1.00 bits per heavy atom. The third-order valence-electron chi connectivity index (χ3n) is 4.85. The average Bonchev–Trinajstić information content (AvgIpc) is 3.25. The highest BCUT2D eigenvalue weighted by molar-refractivity contribution is 7.15. The maximum atomic E-state index is 12.7. The Labute approximate surface area is 184 Å². The van der Waals surface area contributed by atoms with Gasteiger partial charge in [-0.3, -0.25) is 9.59 Å². The SMILES string of the molecule is O=C(/C=C/c1cccc(/C=C/C(=O)N2CCc3nc(-c4ccccc4)sc3C2)n1)CO. The van der Waals surface area contributed by atoms with Crippen molar-refractivity contribution in [2.75, 3.05) is 13.2 Å². The Bertz CT molecular complexity index is 1150. The molecule has 0 spiro atoms. The number of amides is 1. The lowest BCUT2D eigenvalue weighted by molar-refractivity contribution is -0.126. The summed E-state index contributed by atoms with van der Waals surface area (Å²) in [6.45, 7) is 0.658. The molecule has 156 valence electrons. The Balaban J connectivity index is 1.42. The fraction of sp³-hybridized carbons (Fsp3) is 0.167. The van der Waals surface area contributed by atoms with E-state index in [2.05, 4.69) is 4.98 Å². The molecule has 3 aromatic rings. The van der Waals surface area contributed by atoms with Gasteiger partial charge in [-0.05, 0) is 30.4 Å². The lowest BCUT2D eigenvalue weighted by Gasteiger charge is -2.24. The van der Waals surface area contributed by atoms with Gasteiger partial charge in [0.15, 0.2) is 5.78 Å². The standard InChI is InChI=1S/C24H21N3O3S/c28-16-20(29)11-9-18-7-4-8-19(25-18)10-12-23(30)27-14-13-21-22(15-27)31-24(26-21)17-5-2-1-3-6-17/h1-12,28H,13-16H2/b11-9+,12-10+. The molecule has 0 aliphatic carbocycles. The summed E-state index contributed by atoms with van der Waals surface area (Å²) in [5, 5.41) is 9.77. The third kappa shape index (κ3) is 5.20. The van der Waals surface area contributed by atoms with Crippen molar-refractivity contribution in [3.8, 4) is 10.6 Å². The minimum atomic E-state index is -0.533. The van der Waals surface area contributed by atoms with E-state index >= 15 is 0 Å². The minimum absolute atomic E-state index is 0.0708. The van der Waals surface area contributed by atoms with Crippen LogP contribution >= 0.6 is 11.3 Å². The number of carbonyl (C=O) groups is 2. The van der Waals surface area contributed by atoms with Gasteiger partial charge in [0.05, 0.1) is 23.6 Å². The van der Waals surface area contributed by atoms with Gasteiger partial charge in [-0.25, -0.2) is 9.97 Å². The predicted molar refractivity (Wildman–Crippen MR) is 121 cm³/mol. The van der Waals surface area contributed by atoms with E-state index in [1.807, 2.05) is 35.2 Å². The van der Waals surface area contributed by atoms with E-state index < -0.39 is 6.61 Å². The molecule has 0 fully saturated rings. The number of nitrogens with zero attached hydrogens (tertiary/aromatic N) is 3. The number of rotatable bonds is 6. The summed E-state index contributed by atoms with van der Waals surface area (Å²) in [6, 6.07) is 15.4. The lowest BCUT2D eigenvalue weighted by Crippen LogP contribution is -2.34. The highest BCUT2D eigenvalue weighted by Crippen LogP contribution is 2.31. The highest BCUT2D eigenvalue weighted by Gasteiger charge is 2.23. The third-order valence-corrected chi connectivity index (χ3v) is 5.98. The first-order valence-electron chi connectivity index (χ1n) is 9.92. The number of ketones is 1. The van der Waals surface area contributed by atoms with Gasteiger partial charge < -0.3 is 10.0 Å². The number of aliphatic hydroxyl groups excluding tert-OH is 1. The number of pyridine rings is 1. The fourth-order valence-electron chi connectivity index (χ4n) is 3.24. The van der Waals surface area contributed by atoms with Crippen LogP contribution in [0.1, 0.15) is 22.0 Å². The molecule has 0 atom stereocenters. The molecule has 1 N–H and O–H groups in total. The number of fused-ring (bicyclic) bond motifs is 1. The number of carbonyl (C=O) groups excluding carboxylic acids is 2. The van der Waals surface area contributed by atoms with Gasteiger partial charge in [-0.15, -0.1) is 11.3 Å². The van der Waals surface area contributed by atoms with Crippen molar-refractivity contribution in [2.45, 2.75) is 13.0 Å². The van der Waals surface area contributed by atoms with Crippen molar-refractivity contribution in [2.24, 2.45) is 0 Å². The van der Waals surface area contributed by atoms with Crippen LogP contribution in [0.25, 0.3) is 22.7 Å². The van der Waals surface area contributed by atoms with E-state index in [4.69, 9.17) is 10.1 Å².